The molecule has 0 unspecified atom stereocenters. The molecule has 5 heteroatoms. The van der Waals surface area contributed by atoms with Gasteiger partial charge in [-0.15, -0.1) is 0 Å². The Bertz CT molecular complexity index is 2920. The fourth-order valence-corrected chi connectivity index (χ4v) is 7.16. The number of pyridine rings is 1. The van der Waals surface area contributed by atoms with Crippen LogP contribution in [0.3, 0.4) is 0 Å². The summed E-state index contributed by atoms with van der Waals surface area (Å²) in [6, 6.07) is 54.3. The first-order valence-corrected chi connectivity index (χ1v) is 17.0. The first kappa shape index (κ1) is 29.0. The van der Waals surface area contributed by atoms with E-state index in [9.17, 15) is 0 Å². The average Bonchev–Trinajstić information content (AvgIpc) is 3.57. The second-order valence-corrected chi connectivity index (χ2v) is 12.7. The van der Waals surface area contributed by atoms with Crippen LogP contribution < -0.4 is 0 Å². The van der Waals surface area contributed by atoms with E-state index in [-0.39, 0.29) is 0 Å². The molecule has 10 rings (SSSR count). The van der Waals surface area contributed by atoms with Crippen LogP contribution in [0, 0.1) is 0 Å². The second-order valence-electron chi connectivity index (χ2n) is 12.7. The molecule has 0 atom stereocenters. The fourth-order valence-electron chi connectivity index (χ4n) is 7.16. The molecule has 238 valence electrons. The molecule has 3 aromatic heterocycles. The maximum atomic E-state index is 6.39. The maximum absolute atomic E-state index is 6.39. The fraction of sp³-hybridized carbons (Fsp3) is 0. The first-order chi connectivity index (χ1) is 25.3. The minimum atomic E-state index is 0.614. The highest BCUT2D eigenvalue weighted by Crippen LogP contribution is 2.42. The van der Waals surface area contributed by atoms with Gasteiger partial charge in [0.1, 0.15) is 5.58 Å². The van der Waals surface area contributed by atoms with E-state index in [2.05, 4.69) is 126 Å². The maximum Gasteiger partial charge on any atom is 0.164 e. The van der Waals surface area contributed by atoms with Gasteiger partial charge in [-0.05, 0) is 62.5 Å². The normalized spacial score (nSPS) is 11.5. The summed E-state index contributed by atoms with van der Waals surface area (Å²) in [6.45, 7) is 0. The minimum Gasteiger partial charge on any atom is -0.454 e. The largest absolute Gasteiger partial charge is 0.454 e. The van der Waals surface area contributed by atoms with Crippen molar-refractivity contribution in [2.75, 3.05) is 0 Å². The Labute approximate surface area is 293 Å². The lowest BCUT2D eigenvalue weighted by Crippen LogP contribution is -2.01. The summed E-state index contributed by atoms with van der Waals surface area (Å²) in [5.41, 5.74) is 8.72. The first-order valence-electron chi connectivity index (χ1n) is 17.0. The van der Waals surface area contributed by atoms with Crippen LogP contribution in [0.15, 0.2) is 175 Å². The highest BCUT2D eigenvalue weighted by Gasteiger charge is 2.19. The molecule has 0 radical (unpaired) electrons. The summed E-state index contributed by atoms with van der Waals surface area (Å²) in [7, 11) is 0. The highest BCUT2D eigenvalue weighted by molar-refractivity contribution is 6.18. The molecule has 3 heterocycles. The molecule has 0 aliphatic heterocycles. The van der Waals surface area contributed by atoms with E-state index in [1.165, 1.54) is 5.39 Å². The van der Waals surface area contributed by atoms with E-state index in [4.69, 9.17) is 19.4 Å². The van der Waals surface area contributed by atoms with Gasteiger partial charge in [-0.3, -0.25) is 4.98 Å². The number of fused-ring (bicyclic) bond motifs is 5. The van der Waals surface area contributed by atoms with Gasteiger partial charge in [0.2, 0.25) is 0 Å². The Hall–Kier alpha value is -6.98. The molecule has 0 aliphatic carbocycles. The van der Waals surface area contributed by atoms with Crippen LogP contribution in [0.5, 0.6) is 0 Å². The van der Waals surface area contributed by atoms with Crippen molar-refractivity contribution in [3.05, 3.63) is 170 Å². The van der Waals surface area contributed by atoms with E-state index in [1.54, 1.807) is 0 Å². The minimum absolute atomic E-state index is 0.614. The van der Waals surface area contributed by atoms with Crippen molar-refractivity contribution in [2.45, 2.75) is 0 Å². The summed E-state index contributed by atoms with van der Waals surface area (Å²) in [5, 5.41) is 6.56. The third kappa shape index (κ3) is 5.03. The molecule has 0 bridgehead atoms. The standard InChI is InChI=1S/C46H28N4O/c1-3-12-29(13-4-1)31-18-11-19-34(24-31)45-48-44(30-14-5-2-6-15-30)49-46(50-45)38-23-22-37(35-20-9-10-21-36(35)38)40-27-47-28-42-43(40)39-25-32-16-7-8-17-33(32)26-41(39)51-42/h1-28H. The lowest BCUT2D eigenvalue weighted by Gasteiger charge is -2.14. The van der Waals surface area contributed by atoms with Crippen molar-refractivity contribution < 1.29 is 4.42 Å². The van der Waals surface area contributed by atoms with Crippen LogP contribution in [-0.2, 0) is 0 Å². The van der Waals surface area contributed by atoms with Crippen LogP contribution >= 0.6 is 0 Å². The van der Waals surface area contributed by atoms with E-state index in [1.807, 2.05) is 48.8 Å². The van der Waals surface area contributed by atoms with Gasteiger partial charge in [-0.2, -0.15) is 0 Å². The van der Waals surface area contributed by atoms with Crippen LogP contribution in [0.4, 0.5) is 0 Å². The molecule has 0 spiro atoms. The molecule has 51 heavy (non-hydrogen) atoms. The molecule has 0 N–H and O–H groups in total. The van der Waals surface area contributed by atoms with Crippen LogP contribution in [0.25, 0.3) is 99.9 Å². The molecule has 7 aromatic carbocycles. The Kier molecular flexibility index (Phi) is 6.74. The van der Waals surface area contributed by atoms with Crippen LogP contribution in [0.2, 0.25) is 0 Å². The molecule has 0 saturated heterocycles. The van der Waals surface area contributed by atoms with E-state index >= 15 is 0 Å². The van der Waals surface area contributed by atoms with Crippen molar-refractivity contribution in [3.8, 4) is 56.4 Å². The Morgan fingerprint density at radius 3 is 1.73 bits per heavy atom. The zero-order chi connectivity index (χ0) is 33.7. The Morgan fingerprint density at radius 1 is 0.353 bits per heavy atom. The van der Waals surface area contributed by atoms with E-state index in [0.717, 1.165) is 77.0 Å². The summed E-state index contributed by atoms with van der Waals surface area (Å²) in [5.74, 6) is 1.86. The van der Waals surface area contributed by atoms with Crippen molar-refractivity contribution in [3.63, 3.8) is 0 Å². The number of rotatable bonds is 5. The summed E-state index contributed by atoms with van der Waals surface area (Å²) >= 11 is 0. The predicted octanol–water partition coefficient (Wildman–Crippen LogP) is 11.8. The monoisotopic (exact) mass is 652 g/mol. The van der Waals surface area contributed by atoms with Crippen molar-refractivity contribution >= 4 is 43.5 Å². The number of aromatic nitrogens is 4. The van der Waals surface area contributed by atoms with Crippen LogP contribution in [0.1, 0.15) is 0 Å². The van der Waals surface area contributed by atoms with E-state index < -0.39 is 0 Å². The van der Waals surface area contributed by atoms with Crippen LogP contribution in [-0.4, -0.2) is 19.9 Å². The van der Waals surface area contributed by atoms with Crippen molar-refractivity contribution in [1.82, 2.24) is 19.9 Å². The SMILES string of the molecule is c1ccc(-c2cccc(-c3nc(-c4ccccc4)nc(-c4ccc(-c5cncc6oc7cc8ccccc8cc7c56)c5ccccc45)n3)c2)cc1. The second kappa shape index (κ2) is 11.9. The highest BCUT2D eigenvalue weighted by atomic mass is 16.3. The third-order valence-corrected chi connectivity index (χ3v) is 9.60. The molecular formula is C46H28N4O. The van der Waals surface area contributed by atoms with Crippen molar-refractivity contribution in [2.24, 2.45) is 0 Å². The molecule has 0 amide bonds. The number of benzene rings is 7. The van der Waals surface area contributed by atoms with Gasteiger partial charge < -0.3 is 4.42 Å². The number of furan rings is 1. The average molecular weight is 653 g/mol. The van der Waals surface area contributed by atoms with Gasteiger partial charge >= 0.3 is 0 Å². The summed E-state index contributed by atoms with van der Waals surface area (Å²) in [6.07, 6.45) is 3.76. The van der Waals surface area contributed by atoms with Crippen molar-refractivity contribution in [1.29, 1.82) is 0 Å². The lowest BCUT2D eigenvalue weighted by molar-refractivity contribution is 0.667. The van der Waals surface area contributed by atoms with E-state index in [0.29, 0.717) is 17.5 Å². The zero-order valence-electron chi connectivity index (χ0n) is 27.4. The van der Waals surface area contributed by atoms with Gasteiger partial charge in [-0.1, -0.05) is 133 Å². The topological polar surface area (TPSA) is 64.7 Å². The molecule has 0 saturated carbocycles. The van der Waals surface area contributed by atoms with Gasteiger partial charge in [0, 0.05) is 39.2 Å². The van der Waals surface area contributed by atoms with Gasteiger partial charge in [-0.25, -0.2) is 15.0 Å². The lowest BCUT2D eigenvalue weighted by atomic mass is 9.93. The zero-order valence-corrected chi connectivity index (χ0v) is 27.4. The number of hydrogen-bond donors (Lipinski definition) is 0. The molecule has 0 aliphatic rings. The molecule has 0 fully saturated rings. The summed E-state index contributed by atoms with van der Waals surface area (Å²) < 4.78 is 6.39. The number of nitrogens with zero attached hydrogens (tertiary/aromatic N) is 4. The predicted molar refractivity (Wildman–Crippen MR) is 207 cm³/mol. The Balaban J connectivity index is 1.17. The summed E-state index contributed by atoms with van der Waals surface area (Å²) in [4.78, 5) is 19.9. The molecular weight excluding hydrogens is 625 g/mol. The number of hydrogen-bond acceptors (Lipinski definition) is 5. The van der Waals surface area contributed by atoms with Gasteiger partial charge in [0.15, 0.2) is 23.1 Å². The molecule has 5 nitrogen and oxygen atoms in total. The Morgan fingerprint density at radius 2 is 0.941 bits per heavy atom. The van der Waals surface area contributed by atoms with Gasteiger partial charge in [0.05, 0.1) is 6.20 Å². The molecule has 10 aromatic rings. The van der Waals surface area contributed by atoms with Gasteiger partial charge in [0.25, 0.3) is 0 Å². The smallest absolute Gasteiger partial charge is 0.164 e. The quantitative estimate of drug-likeness (QED) is 0.185. The third-order valence-electron chi connectivity index (χ3n) is 9.60.